The van der Waals surface area contributed by atoms with Gasteiger partial charge >= 0.3 is 0 Å². The molecule has 0 spiro atoms. The summed E-state index contributed by atoms with van der Waals surface area (Å²) in [6, 6.07) is 0. The normalized spacial score (nSPS) is 18.6. The summed E-state index contributed by atoms with van der Waals surface area (Å²) in [4.78, 5) is 24.1. The molecule has 1 aliphatic rings. The van der Waals surface area contributed by atoms with E-state index in [2.05, 4.69) is 20.0 Å². The Labute approximate surface area is 103 Å². The molecular formula is C10H12N6O2. The van der Waals surface area contributed by atoms with Gasteiger partial charge in [0.2, 0.25) is 11.8 Å². The first-order chi connectivity index (χ1) is 8.74. The number of aromatic nitrogens is 2. The molecule has 94 valence electrons. The molecule has 0 saturated carbocycles. The molecule has 0 radical (unpaired) electrons. The van der Waals surface area contributed by atoms with Crippen LogP contribution >= 0.6 is 0 Å². The fourth-order valence-electron chi connectivity index (χ4n) is 1.83. The molecule has 8 nitrogen and oxygen atoms in total. The highest BCUT2D eigenvalue weighted by Crippen LogP contribution is 2.23. The van der Waals surface area contributed by atoms with Crippen LogP contribution in [0.5, 0.6) is 5.88 Å². The minimum atomic E-state index is -0.0346. The second-order valence-corrected chi connectivity index (χ2v) is 3.90. The van der Waals surface area contributed by atoms with Gasteiger partial charge in [0.05, 0.1) is 19.5 Å². The number of hydrogen-bond acceptors (Lipinski definition) is 5. The van der Waals surface area contributed by atoms with Gasteiger partial charge in [0.1, 0.15) is 0 Å². The predicted molar refractivity (Wildman–Crippen MR) is 63.1 cm³/mol. The zero-order chi connectivity index (χ0) is 13.0. The second kappa shape index (κ2) is 5.33. The van der Waals surface area contributed by atoms with Crippen LogP contribution in [0.1, 0.15) is 6.42 Å². The largest absolute Gasteiger partial charge is 0.480 e. The van der Waals surface area contributed by atoms with Crippen LogP contribution in [-0.2, 0) is 4.79 Å². The van der Waals surface area contributed by atoms with Gasteiger partial charge in [0.25, 0.3) is 0 Å². The van der Waals surface area contributed by atoms with Crippen molar-refractivity contribution < 1.29 is 9.53 Å². The van der Waals surface area contributed by atoms with Crippen molar-refractivity contribution in [2.45, 2.75) is 6.42 Å². The Hall–Kier alpha value is -2.34. The van der Waals surface area contributed by atoms with Crippen LogP contribution in [0.15, 0.2) is 17.5 Å². The summed E-state index contributed by atoms with van der Waals surface area (Å²) >= 11 is 0. The minimum Gasteiger partial charge on any atom is -0.480 e. The number of nitrogens with zero attached hydrogens (tertiary/aromatic N) is 6. The maximum Gasteiger partial charge on any atom is 0.232 e. The molecule has 1 aliphatic heterocycles. The van der Waals surface area contributed by atoms with E-state index in [0.717, 1.165) is 0 Å². The minimum absolute atomic E-state index is 0.0346. The second-order valence-electron chi connectivity index (χ2n) is 3.90. The van der Waals surface area contributed by atoms with Crippen molar-refractivity contribution in [2.75, 3.05) is 25.1 Å². The summed E-state index contributed by atoms with van der Waals surface area (Å²) < 4.78 is 4.90. The fourth-order valence-corrected chi connectivity index (χ4v) is 1.83. The number of amides is 1. The van der Waals surface area contributed by atoms with Crippen LogP contribution in [0.3, 0.4) is 0 Å². The van der Waals surface area contributed by atoms with Gasteiger partial charge in [0, 0.05) is 24.4 Å². The van der Waals surface area contributed by atoms with E-state index in [1.54, 1.807) is 4.90 Å². The molecule has 18 heavy (non-hydrogen) atoms. The summed E-state index contributed by atoms with van der Waals surface area (Å²) in [5, 5.41) is 3.49. The molecule has 2 rings (SSSR count). The lowest BCUT2D eigenvalue weighted by molar-refractivity contribution is -0.117. The Bertz CT molecular complexity index is 482. The van der Waals surface area contributed by atoms with Gasteiger partial charge in [0.15, 0.2) is 5.82 Å². The molecule has 1 amide bonds. The molecule has 0 aromatic carbocycles. The Morgan fingerprint density at radius 2 is 2.44 bits per heavy atom. The molecule has 1 aromatic heterocycles. The molecule has 0 aliphatic carbocycles. The maximum atomic E-state index is 11.8. The van der Waals surface area contributed by atoms with Crippen molar-refractivity contribution >= 4 is 11.7 Å². The highest BCUT2D eigenvalue weighted by Gasteiger charge is 2.30. The van der Waals surface area contributed by atoms with Crippen molar-refractivity contribution in [3.05, 3.63) is 22.8 Å². The molecule has 1 unspecified atom stereocenters. The van der Waals surface area contributed by atoms with Gasteiger partial charge in [-0.05, 0) is 11.4 Å². The van der Waals surface area contributed by atoms with Gasteiger partial charge in [-0.3, -0.25) is 9.69 Å². The number of carbonyl (C=O) groups is 1. The third-order valence-electron chi connectivity index (χ3n) is 2.71. The topological polar surface area (TPSA) is 104 Å². The van der Waals surface area contributed by atoms with Gasteiger partial charge < -0.3 is 4.74 Å². The van der Waals surface area contributed by atoms with E-state index >= 15 is 0 Å². The number of rotatable bonds is 4. The first-order valence-corrected chi connectivity index (χ1v) is 5.42. The van der Waals surface area contributed by atoms with Gasteiger partial charge in [-0.1, -0.05) is 5.11 Å². The van der Waals surface area contributed by atoms with E-state index in [0.29, 0.717) is 31.2 Å². The molecule has 1 aromatic rings. The third-order valence-corrected chi connectivity index (χ3v) is 2.71. The lowest BCUT2D eigenvalue weighted by atomic mass is 10.1. The lowest BCUT2D eigenvalue weighted by Gasteiger charge is -2.14. The van der Waals surface area contributed by atoms with E-state index in [4.69, 9.17) is 10.3 Å². The highest BCUT2D eigenvalue weighted by atomic mass is 16.5. The highest BCUT2D eigenvalue weighted by molar-refractivity contribution is 5.94. The Balaban J connectivity index is 2.08. The summed E-state index contributed by atoms with van der Waals surface area (Å²) in [5.74, 6) is 0.894. The summed E-state index contributed by atoms with van der Waals surface area (Å²) in [6.45, 7) is 0.821. The average Bonchev–Trinajstić information content (AvgIpc) is 2.78. The molecule has 2 heterocycles. The van der Waals surface area contributed by atoms with Crippen LogP contribution < -0.4 is 9.64 Å². The van der Waals surface area contributed by atoms with Crippen LogP contribution in [0.25, 0.3) is 10.4 Å². The molecule has 1 saturated heterocycles. The number of anilines is 1. The molecular weight excluding hydrogens is 236 g/mol. The number of azide groups is 1. The van der Waals surface area contributed by atoms with Gasteiger partial charge in [-0.2, -0.15) is 0 Å². The first kappa shape index (κ1) is 12.1. The van der Waals surface area contributed by atoms with Crippen LogP contribution in [0.2, 0.25) is 0 Å². The zero-order valence-corrected chi connectivity index (χ0v) is 9.85. The summed E-state index contributed by atoms with van der Waals surface area (Å²) in [6.07, 6.45) is 3.32. The quantitative estimate of drug-likeness (QED) is 0.452. The number of ether oxygens (including phenoxy) is 1. The van der Waals surface area contributed by atoms with E-state index in [1.807, 2.05) is 0 Å². The Kier molecular flexibility index (Phi) is 3.59. The lowest BCUT2D eigenvalue weighted by Crippen LogP contribution is -2.25. The van der Waals surface area contributed by atoms with Gasteiger partial charge in [-0.25, -0.2) is 9.97 Å². The monoisotopic (exact) mass is 248 g/mol. The third kappa shape index (κ3) is 2.49. The van der Waals surface area contributed by atoms with E-state index in [-0.39, 0.29) is 11.8 Å². The Morgan fingerprint density at radius 3 is 3.06 bits per heavy atom. The Morgan fingerprint density at radius 1 is 1.61 bits per heavy atom. The summed E-state index contributed by atoms with van der Waals surface area (Å²) in [7, 11) is 1.50. The van der Waals surface area contributed by atoms with Crippen LogP contribution in [0.4, 0.5) is 5.82 Å². The average molecular weight is 248 g/mol. The first-order valence-electron chi connectivity index (χ1n) is 5.42. The van der Waals surface area contributed by atoms with Crippen molar-refractivity contribution in [1.82, 2.24) is 9.97 Å². The van der Waals surface area contributed by atoms with Crippen molar-refractivity contribution in [3.63, 3.8) is 0 Å². The molecule has 8 heteroatoms. The molecule has 1 atom stereocenters. The smallest absolute Gasteiger partial charge is 0.232 e. The fraction of sp³-hybridized carbons (Fsp3) is 0.500. The predicted octanol–water partition coefficient (Wildman–Crippen LogP) is 1.15. The van der Waals surface area contributed by atoms with Crippen LogP contribution in [-0.4, -0.2) is 36.1 Å². The molecule has 0 N–H and O–H groups in total. The summed E-state index contributed by atoms with van der Waals surface area (Å²) in [5.41, 5.74) is 8.26. The van der Waals surface area contributed by atoms with Crippen LogP contribution in [0, 0.1) is 5.92 Å². The number of carbonyl (C=O) groups excluding carboxylic acids is 1. The standard InChI is InChI=1S/C10H12N6O2/c1-18-9-5-12-8(4-13-9)16-6-7(2-10(16)17)3-14-15-11/h4-5,7H,2-3,6H2,1H3. The zero-order valence-electron chi connectivity index (χ0n) is 9.85. The van der Waals surface area contributed by atoms with E-state index in [1.165, 1.54) is 19.5 Å². The molecule has 0 bridgehead atoms. The van der Waals surface area contributed by atoms with Crippen molar-refractivity contribution in [2.24, 2.45) is 11.0 Å². The number of hydrogen-bond donors (Lipinski definition) is 0. The van der Waals surface area contributed by atoms with E-state index < -0.39 is 0 Å². The van der Waals surface area contributed by atoms with Gasteiger partial charge in [-0.15, -0.1) is 0 Å². The van der Waals surface area contributed by atoms with Crippen molar-refractivity contribution in [3.8, 4) is 5.88 Å². The van der Waals surface area contributed by atoms with Crippen molar-refractivity contribution in [1.29, 1.82) is 0 Å². The van der Waals surface area contributed by atoms with E-state index in [9.17, 15) is 4.79 Å². The number of methoxy groups -OCH3 is 1. The maximum absolute atomic E-state index is 11.8. The molecule has 1 fully saturated rings. The SMILES string of the molecule is COc1cnc(N2CC(CN=[N+]=[N-])CC2=O)cn1.